The summed E-state index contributed by atoms with van der Waals surface area (Å²) in [6.07, 6.45) is 7.61. The number of amides is 1. The van der Waals surface area contributed by atoms with Gasteiger partial charge in [0.25, 0.3) is 0 Å². The minimum Gasteiger partial charge on any atom is -0.354 e. The molecule has 7 nitrogen and oxygen atoms in total. The third kappa shape index (κ3) is 2.47. The fraction of sp³-hybridized carbons (Fsp3) is 0.650. The Morgan fingerprint density at radius 2 is 2.04 bits per heavy atom. The fourth-order valence-electron chi connectivity index (χ4n) is 5.11. The zero-order valence-corrected chi connectivity index (χ0v) is 15.7. The Bertz CT molecular complexity index is 911. The number of nitrogens with one attached hydrogen (secondary N) is 1. The van der Waals surface area contributed by atoms with Gasteiger partial charge in [-0.15, -0.1) is 0 Å². The van der Waals surface area contributed by atoms with Crippen LogP contribution in [-0.2, 0) is 17.6 Å². The third-order valence-corrected chi connectivity index (χ3v) is 7.02. The predicted molar refractivity (Wildman–Crippen MR) is 102 cm³/mol. The Balaban J connectivity index is 1.25. The van der Waals surface area contributed by atoms with Gasteiger partial charge in [-0.1, -0.05) is 0 Å². The first kappa shape index (κ1) is 15.9. The highest BCUT2D eigenvalue weighted by Gasteiger charge is 2.50. The van der Waals surface area contributed by atoms with Crippen molar-refractivity contribution >= 4 is 17.4 Å². The van der Waals surface area contributed by atoms with Crippen molar-refractivity contribution in [2.45, 2.75) is 32.1 Å². The van der Waals surface area contributed by atoms with Gasteiger partial charge in [0.2, 0.25) is 5.91 Å². The lowest BCUT2D eigenvalue weighted by molar-refractivity contribution is -0.135. The lowest BCUT2D eigenvalue weighted by Crippen LogP contribution is -2.55. The minimum atomic E-state index is 0.136. The Morgan fingerprint density at radius 1 is 1.19 bits per heavy atom. The van der Waals surface area contributed by atoms with Gasteiger partial charge in [0, 0.05) is 50.8 Å². The van der Waals surface area contributed by atoms with Crippen LogP contribution in [0.1, 0.15) is 30.5 Å². The highest BCUT2D eigenvalue weighted by atomic mass is 16.2. The second-order valence-electron chi connectivity index (χ2n) is 8.82. The summed E-state index contributed by atoms with van der Waals surface area (Å²) in [4.78, 5) is 22.2. The topological polar surface area (TPSA) is 65.8 Å². The molecule has 2 aromatic rings. The van der Waals surface area contributed by atoms with Gasteiger partial charge in [0.05, 0.1) is 17.8 Å². The third-order valence-electron chi connectivity index (χ3n) is 7.02. The summed E-state index contributed by atoms with van der Waals surface area (Å²) >= 11 is 0. The van der Waals surface area contributed by atoms with Crippen LogP contribution in [0, 0.1) is 11.3 Å². The minimum absolute atomic E-state index is 0.136. The van der Waals surface area contributed by atoms with Crippen molar-refractivity contribution in [3.8, 4) is 0 Å². The molecule has 7 heteroatoms. The molecule has 3 aliphatic heterocycles. The van der Waals surface area contributed by atoms with Gasteiger partial charge in [-0.3, -0.25) is 4.79 Å². The standard InChI is InChI=1S/C20H26N6O/c27-19(24-10-6-20(13-24)4-5-20)14-11-25(12-14)18-15-1-7-21-8-2-16(15)23-17-3-9-22-26(17)18/h3,9,14,21H,1-2,4-8,10-13H2. The van der Waals surface area contributed by atoms with E-state index in [4.69, 9.17) is 4.98 Å². The van der Waals surface area contributed by atoms with Crippen LogP contribution in [0.25, 0.3) is 5.65 Å². The predicted octanol–water partition coefficient (Wildman–Crippen LogP) is 0.866. The van der Waals surface area contributed by atoms with Gasteiger partial charge >= 0.3 is 0 Å². The Morgan fingerprint density at radius 3 is 2.85 bits per heavy atom. The van der Waals surface area contributed by atoms with Gasteiger partial charge in [0.15, 0.2) is 5.65 Å². The summed E-state index contributed by atoms with van der Waals surface area (Å²) in [5.74, 6) is 1.67. The molecule has 0 bridgehead atoms. The summed E-state index contributed by atoms with van der Waals surface area (Å²) < 4.78 is 1.97. The average molecular weight is 366 g/mol. The van der Waals surface area contributed by atoms with Crippen molar-refractivity contribution in [1.29, 1.82) is 0 Å². The number of fused-ring (bicyclic) bond motifs is 2. The number of hydrogen-bond acceptors (Lipinski definition) is 5. The van der Waals surface area contributed by atoms with Crippen molar-refractivity contribution in [3.05, 3.63) is 23.5 Å². The van der Waals surface area contributed by atoms with Crippen molar-refractivity contribution in [3.63, 3.8) is 0 Å². The molecule has 1 aliphatic carbocycles. The molecule has 4 aliphatic rings. The van der Waals surface area contributed by atoms with Crippen molar-refractivity contribution in [1.82, 2.24) is 24.8 Å². The van der Waals surface area contributed by atoms with Gasteiger partial charge in [0.1, 0.15) is 5.82 Å². The summed E-state index contributed by atoms with van der Waals surface area (Å²) in [7, 11) is 0. The van der Waals surface area contributed by atoms with Crippen molar-refractivity contribution in [2.24, 2.45) is 11.3 Å². The number of carbonyl (C=O) groups is 1. The van der Waals surface area contributed by atoms with E-state index in [1.165, 1.54) is 30.5 Å². The lowest BCUT2D eigenvalue weighted by atomic mass is 9.96. The van der Waals surface area contributed by atoms with Gasteiger partial charge in [-0.25, -0.2) is 4.98 Å². The normalized spacial score (nSPS) is 24.1. The molecule has 1 saturated carbocycles. The molecule has 27 heavy (non-hydrogen) atoms. The molecule has 2 saturated heterocycles. The first-order valence-corrected chi connectivity index (χ1v) is 10.3. The van der Waals surface area contributed by atoms with Crippen LogP contribution in [0.2, 0.25) is 0 Å². The molecular formula is C20H26N6O. The van der Waals surface area contributed by atoms with E-state index in [-0.39, 0.29) is 5.92 Å². The van der Waals surface area contributed by atoms with Crippen molar-refractivity contribution in [2.75, 3.05) is 44.2 Å². The second kappa shape index (κ2) is 5.67. The maximum Gasteiger partial charge on any atom is 0.229 e. The highest BCUT2D eigenvalue weighted by Crippen LogP contribution is 2.53. The number of aromatic nitrogens is 3. The molecule has 0 aromatic carbocycles. The SMILES string of the molecule is O=C(C1CN(c2c3c(nc4ccnn24)CCNCC3)C1)N1CCC2(CC2)C1. The van der Waals surface area contributed by atoms with Crippen LogP contribution < -0.4 is 10.2 Å². The molecule has 2 aromatic heterocycles. The van der Waals surface area contributed by atoms with Crippen LogP contribution >= 0.6 is 0 Å². The number of hydrogen-bond donors (Lipinski definition) is 1. The quantitative estimate of drug-likeness (QED) is 0.854. The molecule has 1 N–H and O–H groups in total. The van der Waals surface area contributed by atoms with Gasteiger partial charge in [-0.2, -0.15) is 9.61 Å². The maximum atomic E-state index is 12.9. The van der Waals surface area contributed by atoms with E-state index in [1.54, 1.807) is 0 Å². The van der Waals surface area contributed by atoms with Crippen LogP contribution in [0.4, 0.5) is 5.82 Å². The molecule has 0 atom stereocenters. The number of rotatable bonds is 2. The first-order chi connectivity index (χ1) is 13.2. The van der Waals surface area contributed by atoms with Crippen molar-refractivity contribution < 1.29 is 4.79 Å². The molecule has 6 rings (SSSR count). The highest BCUT2D eigenvalue weighted by molar-refractivity contribution is 5.82. The summed E-state index contributed by atoms with van der Waals surface area (Å²) in [6, 6.07) is 1.98. The maximum absolute atomic E-state index is 12.9. The summed E-state index contributed by atoms with van der Waals surface area (Å²) in [6.45, 7) is 5.53. The summed E-state index contributed by atoms with van der Waals surface area (Å²) in [5.41, 5.74) is 3.92. The molecule has 142 valence electrons. The fourth-order valence-corrected chi connectivity index (χ4v) is 5.11. The largest absolute Gasteiger partial charge is 0.354 e. The number of nitrogens with zero attached hydrogens (tertiary/aromatic N) is 5. The molecule has 1 amide bonds. The molecular weight excluding hydrogens is 340 g/mol. The Hall–Kier alpha value is -2.15. The van der Waals surface area contributed by atoms with E-state index >= 15 is 0 Å². The molecule has 3 fully saturated rings. The Labute approximate surface area is 158 Å². The average Bonchev–Trinajstić information content (AvgIpc) is 3.10. The van der Waals surface area contributed by atoms with Gasteiger partial charge < -0.3 is 15.1 Å². The van der Waals surface area contributed by atoms with Crippen LogP contribution in [-0.4, -0.2) is 64.7 Å². The molecule has 1 spiro atoms. The van der Waals surface area contributed by atoms with E-state index in [0.29, 0.717) is 11.3 Å². The van der Waals surface area contributed by atoms with Crippen LogP contribution in [0.15, 0.2) is 12.3 Å². The molecule has 5 heterocycles. The number of carbonyl (C=O) groups excluding carboxylic acids is 1. The summed E-state index contributed by atoms with van der Waals surface area (Å²) in [5, 5.41) is 8.00. The van der Waals surface area contributed by atoms with Crippen LogP contribution in [0.5, 0.6) is 0 Å². The number of anilines is 1. The van der Waals surface area contributed by atoms with Crippen LogP contribution in [0.3, 0.4) is 0 Å². The monoisotopic (exact) mass is 366 g/mol. The zero-order valence-electron chi connectivity index (χ0n) is 15.7. The van der Waals surface area contributed by atoms with E-state index in [9.17, 15) is 4.79 Å². The smallest absolute Gasteiger partial charge is 0.229 e. The van der Waals surface area contributed by atoms with E-state index in [1.807, 2.05) is 16.8 Å². The second-order valence-corrected chi connectivity index (χ2v) is 8.82. The van der Waals surface area contributed by atoms with Gasteiger partial charge in [-0.05, 0) is 37.6 Å². The van der Waals surface area contributed by atoms with E-state index in [0.717, 1.165) is 63.6 Å². The van der Waals surface area contributed by atoms with E-state index < -0.39 is 0 Å². The molecule has 0 radical (unpaired) electrons. The Kier molecular flexibility index (Phi) is 3.33. The zero-order chi connectivity index (χ0) is 18.0. The first-order valence-electron chi connectivity index (χ1n) is 10.3. The number of likely N-dealkylation sites (tertiary alicyclic amines) is 1. The lowest BCUT2D eigenvalue weighted by Gasteiger charge is -2.42. The molecule has 0 unspecified atom stereocenters. The van der Waals surface area contributed by atoms with E-state index in [2.05, 4.69) is 20.2 Å².